The van der Waals surface area contributed by atoms with E-state index in [9.17, 15) is 0 Å². The zero-order valence-electron chi connectivity index (χ0n) is 6.60. The molecule has 0 saturated carbocycles. The highest BCUT2D eigenvalue weighted by molar-refractivity contribution is 4.44. The third kappa shape index (κ3) is 7.88. The molecule has 0 bridgehead atoms. The number of nitrogens with one attached hydrogen (secondary N) is 1. The summed E-state index contributed by atoms with van der Waals surface area (Å²) in [5.74, 6) is 0. The Bertz CT molecular complexity index is 51.6. The van der Waals surface area contributed by atoms with Gasteiger partial charge in [0.15, 0.2) is 0 Å². The standard InChI is InChI=1S/C7H17NO2/c1-2-10-7-5-8-4-3-6-9/h8-9H,2-7H2,1H3. The molecule has 0 spiro atoms. The van der Waals surface area contributed by atoms with E-state index in [-0.39, 0.29) is 6.61 Å². The maximum absolute atomic E-state index is 8.40. The van der Waals surface area contributed by atoms with Gasteiger partial charge in [-0.3, -0.25) is 0 Å². The summed E-state index contributed by atoms with van der Waals surface area (Å²) in [6.45, 7) is 5.55. The maximum atomic E-state index is 8.40. The van der Waals surface area contributed by atoms with Crippen LogP contribution in [0.5, 0.6) is 0 Å². The van der Waals surface area contributed by atoms with E-state index >= 15 is 0 Å². The molecule has 0 aliphatic heterocycles. The second kappa shape index (κ2) is 8.88. The molecule has 0 saturated heterocycles. The second-order valence-electron chi connectivity index (χ2n) is 2.02. The fraction of sp³-hybridized carbons (Fsp3) is 1.00. The largest absolute Gasteiger partial charge is 0.396 e. The lowest BCUT2D eigenvalue weighted by Crippen LogP contribution is -2.21. The minimum absolute atomic E-state index is 0.266. The Morgan fingerprint density at radius 2 is 2.20 bits per heavy atom. The summed E-state index contributed by atoms with van der Waals surface area (Å²) in [6.07, 6.45) is 0.826. The number of hydrogen-bond donors (Lipinski definition) is 2. The number of rotatable bonds is 7. The molecule has 0 radical (unpaired) electrons. The Labute approximate surface area is 62.4 Å². The third-order valence-corrected chi connectivity index (χ3v) is 1.14. The van der Waals surface area contributed by atoms with E-state index in [1.54, 1.807) is 0 Å². The summed E-state index contributed by atoms with van der Waals surface area (Å²) >= 11 is 0. The van der Waals surface area contributed by atoms with Crippen LogP contribution in [0.3, 0.4) is 0 Å². The van der Waals surface area contributed by atoms with Crippen molar-refractivity contribution in [2.75, 3.05) is 32.9 Å². The van der Waals surface area contributed by atoms with Crippen LogP contribution in [-0.4, -0.2) is 38.0 Å². The lowest BCUT2D eigenvalue weighted by Gasteiger charge is -2.02. The SMILES string of the molecule is CCOCCNCCCO. The van der Waals surface area contributed by atoms with Crippen molar-refractivity contribution in [2.24, 2.45) is 0 Å². The van der Waals surface area contributed by atoms with Gasteiger partial charge in [-0.05, 0) is 19.9 Å². The van der Waals surface area contributed by atoms with Crippen molar-refractivity contribution in [2.45, 2.75) is 13.3 Å². The van der Waals surface area contributed by atoms with Crippen LogP contribution in [0.2, 0.25) is 0 Å². The van der Waals surface area contributed by atoms with Gasteiger partial charge in [0.05, 0.1) is 6.61 Å². The summed E-state index contributed by atoms with van der Waals surface area (Å²) in [4.78, 5) is 0. The number of aliphatic hydroxyl groups is 1. The third-order valence-electron chi connectivity index (χ3n) is 1.14. The molecular weight excluding hydrogens is 130 g/mol. The molecule has 0 rings (SSSR count). The Morgan fingerprint density at radius 3 is 2.80 bits per heavy atom. The first-order chi connectivity index (χ1) is 4.91. The van der Waals surface area contributed by atoms with Gasteiger partial charge in [-0.2, -0.15) is 0 Å². The smallest absolute Gasteiger partial charge is 0.0590 e. The van der Waals surface area contributed by atoms with E-state index in [4.69, 9.17) is 9.84 Å². The van der Waals surface area contributed by atoms with Gasteiger partial charge in [0.25, 0.3) is 0 Å². The second-order valence-corrected chi connectivity index (χ2v) is 2.02. The van der Waals surface area contributed by atoms with Gasteiger partial charge in [-0.25, -0.2) is 0 Å². The predicted molar refractivity (Wildman–Crippen MR) is 41.1 cm³/mol. The van der Waals surface area contributed by atoms with Gasteiger partial charge in [0, 0.05) is 19.8 Å². The molecule has 0 fully saturated rings. The van der Waals surface area contributed by atoms with Crippen molar-refractivity contribution in [3.63, 3.8) is 0 Å². The molecule has 0 amide bonds. The lowest BCUT2D eigenvalue weighted by molar-refractivity contribution is 0.148. The number of ether oxygens (including phenoxy) is 1. The minimum Gasteiger partial charge on any atom is -0.396 e. The fourth-order valence-electron chi connectivity index (χ4n) is 0.618. The van der Waals surface area contributed by atoms with Crippen molar-refractivity contribution in [1.29, 1.82) is 0 Å². The molecule has 10 heavy (non-hydrogen) atoms. The molecule has 3 nitrogen and oxygen atoms in total. The van der Waals surface area contributed by atoms with E-state index in [2.05, 4.69) is 5.32 Å². The minimum atomic E-state index is 0.266. The van der Waals surface area contributed by atoms with Crippen molar-refractivity contribution in [3.8, 4) is 0 Å². The topological polar surface area (TPSA) is 41.5 Å². The highest BCUT2D eigenvalue weighted by atomic mass is 16.5. The molecule has 0 heterocycles. The van der Waals surface area contributed by atoms with Gasteiger partial charge in [-0.15, -0.1) is 0 Å². The average Bonchev–Trinajstić information content (AvgIpc) is 1.97. The van der Waals surface area contributed by atoms with Crippen LogP contribution >= 0.6 is 0 Å². The highest BCUT2D eigenvalue weighted by Crippen LogP contribution is 1.73. The fourth-order valence-corrected chi connectivity index (χ4v) is 0.618. The van der Waals surface area contributed by atoms with Gasteiger partial charge >= 0.3 is 0 Å². The summed E-state index contributed by atoms with van der Waals surface area (Å²) < 4.78 is 5.09. The molecule has 0 aromatic rings. The Balaban J connectivity index is 2.65. The normalized spacial score (nSPS) is 10.2. The summed E-state index contributed by atoms with van der Waals surface area (Å²) in [6, 6.07) is 0. The molecule has 0 atom stereocenters. The number of hydrogen-bond acceptors (Lipinski definition) is 3. The highest BCUT2D eigenvalue weighted by Gasteiger charge is 1.85. The first-order valence-corrected chi connectivity index (χ1v) is 3.81. The summed E-state index contributed by atoms with van der Waals surface area (Å²) in [7, 11) is 0. The first kappa shape index (κ1) is 9.88. The first-order valence-electron chi connectivity index (χ1n) is 3.81. The van der Waals surface area contributed by atoms with E-state index in [0.29, 0.717) is 0 Å². The van der Waals surface area contributed by atoms with Gasteiger partial charge < -0.3 is 15.2 Å². The summed E-state index contributed by atoms with van der Waals surface area (Å²) in [5.41, 5.74) is 0. The van der Waals surface area contributed by atoms with E-state index < -0.39 is 0 Å². The van der Waals surface area contributed by atoms with Crippen molar-refractivity contribution in [3.05, 3.63) is 0 Å². The zero-order chi connectivity index (χ0) is 7.66. The monoisotopic (exact) mass is 147 g/mol. The van der Waals surface area contributed by atoms with Crippen LogP contribution in [0.4, 0.5) is 0 Å². The molecule has 0 unspecified atom stereocenters. The van der Waals surface area contributed by atoms with Crippen LogP contribution in [0.15, 0.2) is 0 Å². The summed E-state index contributed by atoms with van der Waals surface area (Å²) in [5, 5.41) is 11.5. The lowest BCUT2D eigenvalue weighted by atomic mass is 10.4. The molecule has 62 valence electrons. The quantitative estimate of drug-likeness (QED) is 0.498. The predicted octanol–water partition coefficient (Wildman–Crippen LogP) is -0.00510. The average molecular weight is 147 g/mol. The molecule has 0 aliphatic rings. The van der Waals surface area contributed by atoms with E-state index in [1.807, 2.05) is 6.92 Å². The van der Waals surface area contributed by atoms with Crippen LogP contribution in [0.1, 0.15) is 13.3 Å². The van der Waals surface area contributed by atoms with Crippen molar-refractivity contribution in [1.82, 2.24) is 5.32 Å². The molecule has 0 aromatic heterocycles. The molecule has 3 heteroatoms. The Kier molecular flexibility index (Phi) is 8.77. The van der Waals surface area contributed by atoms with Crippen molar-refractivity contribution < 1.29 is 9.84 Å². The Morgan fingerprint density at radius 1 is 1.40 bits per heavy atom. The van der Waals surface area contributed by atoms with Crippen molar-refractivity contribution >= 4 is 0 Å². The maximum Gasteiger partial charge on any atom is 0.0590 e. The van der Waals surface area contributed by atoms with Crippen LogP contribution < -0.4 is 5.32 Å². The molecular formula is C7H17NO2. The Hall–Kier alpha value is -0.120. The van der Waals surface area contributed by atoms with Crippen LogP contribution in [-0.2, 0) is 4.74 Å². The molecule has 0 aliphatic carbocycles. The van der Waals surface area contributed by atoms with E-state index in [1.165, 1.54) is 0 Å². The van der Waals surface area contributed by atoms with Gasteiger partial charge in [0.2, 0.25) is 0 Å². The van der Waals surface area contributed by atoms with Crippen LogP contribution in [0.25, 0.3) is 0 Å². The van der Waals surface area contributed by atoms with Crippen LogP contribution in [0, 0.1) is 0 Å². The number of aliphatic hydroxyl groups excluding tert-OH is 1. The molecule has 2 N–H and O–H groups in total. The van der Waals surface area contributed by atoms with Gasteiger partial charge in [-0.1, -0.05) is 0 Å². The van der Waals surface area contributed by atoms with E-state index in [0.717, 1.165) is 32.7 Å². The molecule has 0 aromatic carbocycles. The van der Waals surface area contributed by atoms with Gasteiger partial charge in [0.1, 0.15) is 0 Å². The zero-order valence-corrected chi connectivity index (χ0v) is 6.60.